The Bertz CT molecular complexity index is 202. The maximum atomic E-state index is 11.1. The van der Waals surface area contributed by atoms with Crippen molar-refractivity contribution in [3.8, 4) is 0 Å². The van der Waals surface area contributed by atoms with Gasteiger partial charge in [0, 0.05) is 12.6 Å². The zero-order chi connectivity index (χ0) is 11.2. The van der Waals surface area contributed by atoms with E-state index in [0.717, 1.165) is 6.42 Å². The van der Waals surface area contributed by atoms with E-state index in [2.05, 4.69) is 16.6 Å². The Hall–Kier alpha value is -0.870. The highest BCUT2D eigenvalue weighted by Crippen LogP contribution is 2.04. The zero-order valence-electron chi connectivity index (χ0n) is 9.04. The van der Waals surface area contributed by atoms with Gasteiger partial charge in [-0.1, -0.05) is 6.08 Å². The normalized spacial score (nSPS) is 16.9. The summed E-state index contributed by atoms with van der Waals surface area (Å²) < 4.78 is 4.46. The van der Waals surface area contributed by atoms with Crippen LogP contribution in [0.15, 0.2) is 12.7 Å². The molecule has 0 radical (unpaired) electrons. The summed E-state index contributed by atoms with van der Waals surface area (Å²) in [6.07, 6.45) is 2.57. The van der Waals surface area contributed by atoms with Crippen molar-refractivity contribution >= 4 is 5.97 Å². The van der Waals surface area contributed by atoms with Crippen molar-refractivity contribution in [1.29, 1.82) is 0 Å². The summed E-state index contributed by atoms with van der Waals surface area (Å²) in [7, 11) is 1.25. The third kappa shape index (κ3) is 4.39. The molecular weight excluding hydrogens is 182 g/mol. The fourth-order valence-electron chi connectivity index (χ4n) is 0.998. The van der Waals surface area contributed by atoms with E-state index in [-0.39, 0.29) is 12.6 Å². The van der Waals surface area contributed by atoms with E-state index < -0.39 is 11.6 Å². The molecule has 0 aromatic rings. The minimum Gasteiger partial charge on any atom is -0.467 e. The summed E-state index contributed by atoms with van der Waals surface area (Å²) in [6.45, 7) is 7.15. The van der Waals surface area contributed by atoms with Crippen LogP contribution in [0, 0.1) is 0 Å². The molecule has 0 aliphatic heterocycles. The summed E-state index contributed by atoms with van der Waals surface area (Å²) >= 11 is 0. The van der Waals surface area contributed by atoms with Gasteiger partial charge in [-0.3, -0.25) is 0 Å². The summed E-state index contributed by atoms with van der Waals surface area (Å²) in [5.74, 6) is -0.629. The number of hydrogen-bond donors (Lipinski definition) is 2. The van der Waals surface area contributed by atoms with Gasteiger partial charge in [0.25, 0.3) is 0 Å². The average molecular weight is 201 g/mol. The molecule has 0 spiro atoms. The number of aliphatic hydroxyl groups is 1. The quantitative estimate of drug-likeness (QED) is 0.484. The number of methoxy groups -OCH3 is 1. The van der Waals surface area contributed by atoms with Gasteiger partial charge in [0.05, 0.1) is 7.11 Å². The molecule has 0 rings (SSSR count). The van der Waals surface area contributed by atoms with E-state index in [1.165, 1.54) is 14.0 Å². The second kappa shape index (κ2) is 5.78. The monoisotopic (exact) mass is 201 g/mol. The first-order valence-electron chi connectivity index (χ1n) is 4.59. The second-order valence-electron chi connectivity index (χ2n) is 3.57. The van der Waals surface area contributed by atoms with Gasteiger partial charge < -0.3 is 15.2 Å². The third-order valence-electron chi connectivity index (χ3n) is 1.94. The Morgan fingerprint density at radius 1 is 1.79 bits per heavy atom. The molecule has 2 N–H and O–H groups in total. The summed E-state index contributed by atoms with van der Waals surface area (Å²) in [4.78, 5) is 11.1. The minimum absolute atomic E-state index is 0.175. The van der Waals surface area contributed by atoms with Gasteiger partial charge in [-0.05, 0) is 20.3 Å². The fourth-order valence-corrected chi connectivity index (χ4v) is 0.998. The lowest BCUT2D eigenvalue weighted by Crippen LogP contribution is -2.47. The van der Waals surface area contributed by atoms with Crippen LogP contribution < -0.4 is 5.32 Å². The predicted octanol–water partition coefficient (Wildman–Crippen LogP) is 0.465. The van der Waals surface area contributed by atoms with Crippen molar-refractivity contribution in [3.63, 3.8) is 0 Å². The van der Waals surface area contributed by atoms with Crippen LogP contribution in [0.25, 0.3) is 0 Å². The van der Waals surface area contributed by atoms with Gasteiger partial charge in [0.1, 0.15) is 0 Å². The number of hydrogen-bond acceptors (Lipinski definition) is 4. The van der Waals surface area contributed by atoms with Crippen molar-refractivity contribution in [2.75, 3.05) is 13.7 Å². The molecule has 0 saturated carbocycles. The molecule has 0 aromatic carbocycles. The van der Waals surface area contributed by atoms with Crippen molar-refractivity contribution < 1.29 is 14.6 Å². The van der Waals surface area contributed by atoms with E-state index in [0.29, 0.717) is 0 Å². The Morgan fingerprint density at radius 2 is 2.36 bits per heavy atom. The number of carbonyl (C=O) groups is 1. The SMILES string of the molecule is C=CCC(C)NCC(C)(O)C(=O)OC. The maximum Gasteiger partial charge on any atom is 0.338 e. The predicted molar refractivity (Wildman–Crippen MR) is 54.9 cm³/mol. The van der Waals surface area contributed by atoms with Crippen molar-refractivity contribution in [3.05, 3.63) is 12.7 Å². The molecule has 14 heavy (non-hydrogen) atoms. The Morgan fingerprint density at radius 3 is 2.79 bits per heavy atom. The first kappa shape index (κ1) is 13.1. The molecule has 0 bridgehead atoms. The average Bonchev–Trinajstić information content (AvgIpc) is 2.14. The van der Waals surface area contributed by atoms with Crippen LogP contribution in [0.4, 0.5) is 0 Å². The van der Waals surface area contributed by atoms with Crippen LogP contribution in [0.2, 0.25) is 0 Å². The third-order valence-corrected chi connectivity index (χ3v) is 1.94. The van der Waals surface area contributed by atoms with Gasteiger partial charge >= 0.3 is 5.97 Å². The highest BCUT2D eigenvalue weighted by Gasteiger charge is 2.31. The Balaban J connectivity index is 3.98. The van der Waals surface area contributed by atoms with Crippen LogP contribution in [0.5, 0.6) is 0 Å². The topological polar surface area (TPSA) is 58.6 Å². The molecule has 4 heteroatoms. The van der Waals surface area contributed by atoms with E-state index in [1.54, 1.807) is 6.08 Å². The lowest BCUT2D eigenvalue weighted by atomic mass is 10.1. The van der Waals surface area contributed by atoms with Crippen molar-refractivity contribution in [2.24, 2.45) is 0 Å². The Kier molecular flexibility index (Phi) is 5.42. The maximum absolute atomic E-state index is 11.1. The molecule has 2 unspecified atom stereocenters. The molecular formula is C10H19NO3. The lowest BCUT2D eigenvalue weighted by Gasteiger charge is -2.22. The summed E-state index contributed by atoms with van der Waals surface area (Å²) in [6, 6.07) is 0.184. The van der Waals surface area contributed by atoms with E-state index in [1.807, 2.05) is 6.92 Å². The highest BCUT2D eigenvalue weighted by atomic mass is 16.5. The smallest absolute Gasteiger partial charge is 0.338 e. The molecule has 4 nitrogen and oxygen atoms in total. The number of ether oxygens (including phenoxy) is 1. The molecule has 0 heterocycles. The van der Waals surface area contributed by atoms with Crippen LogP contribution in [-0.4, -0.2) is 36.4 Å². The van der Waals surface area contributed by atoms with Gasteiger partial charge in [-0.15, -0.1) is 6.58 Å². The standard InChI is InChI=1S/C10H19NO3/c1-5-6-8(2)11-7-10(3,13)9(12)14-4/h5,8,11,13H,1,6-7H2,2-4H3. The van der Waals surface area contributed by atoms with Gasteiger partial charge in [-0.2, -0.15) is 0 Å². The lowest BCUT2D eigenvalue weighted by molar-refractivity contribution is -0.160. The zero-order valence-corrected chi connectivity index (χ0v) is 9.04. The van der Waals surface area contributed by atoms with E-state index in [4.69, 9.17) is 0 Å². The van der Waals surface area contributed by atoms with Crippen molar-refractivity contribution in [1.82, 2.24) is 5.32 Å². The number of nitrogens with one attached hydrogen (secondary N) is 1. The van der Waals surface area contributed by atoms with Crippen LogP contribution in [0.3, 0.4) is 0 Å². The largest absolute Gasteiger partial charge is 0.467 e. The van der Waals surface area contributed by atoms with Crippen molar-refractivity contribution in [2.45, 2.75) is 31.9 Å². The molecule has 82 valence electrons. The number of esters is 1. The van der Waals surface area contributed by atoms with Gasteiger partial charge in [0.15, 0.2) is 5.60 Å². The fraction of sp³-hybridized carbons (Fsp3) is 0.700. The molecule has 0 amide bonds. The first-order chi connectivity index (χ1) is 6.44. The van der Waals surface area contributed by atoms with Crippen LogP contribution in [-0.2, 0) is 9.53 Å². The first-order valence-corrected chi connectivity index (χ1v) is 4.59. The van der Waals surface area contributed by atoms with E-state index >= 15 is 0 Å². The van der Waals surface area contributed by atoms with Crippen LogP contribution in [0.1, 0.15) is 20.3 Å². The summed E-state index contributed by atoms with van der Waals surface area (Å²) in [5, 5.41) is 12.7. The molecule has 2 atom stereocenters. The Labute approximate surface area is 85.0 Å². The van der Waals surface area contributed by atoms with E-state index in [9.17, 15) is 9.90 Å². The van der Waals surface area contributed by atoms with Gasteiger partial charge in [0.2, 0.25) is 0 Å². The minimum atomic E-state index is -1.47. The highest BCUT2D eigenvalue weighted by molar-refractivity contribution is 5.78. The summed E-state index contributed by atoms with van der Waals surface area (Å²) in [5.41, 5.74) is -1.47. The molecule has 0 aliphatic carbocycles. The molecule has 0 saturated heterocycles. The number of carbonyl (C=O) groups excluding carboxylic acids is 1. The molecule has 0 fully saturated rings. The molecule has 0 aliphatic rings. The number of rotatable bonds is 6. The second-order valence-corrected chi connectivity index (χ2v) is 3.57. The molecule has 0 aromatic heterocycles. The van der Waals surface area contributed by atoms with Gasteiger partial charge in [-0.25, -0.2) is 4.79 Å². The van der Waals surface area contributed by atoms with Crippen LogP contribution >= 0.6 is 0 Å².